The van der Waals surface area contributed by atoms with Gasteiger partial charge >= 0.3 is 0 Å². The highest BCUT2D eigenvalue weighted by Crippen LogP contribution is 2.21. The molecule has 2 atom stereocenters. The third kappa shape index (κ3) is 4.68. The van der Waals surface area contributed by atoms with Crippen LogP contribution in [0, 0.1) is 0 Å². The fraction of sp³-hybridized carbons (Fsp3) is 0.429. The van der Waals surface area contributed by atoms with E-state index in [0.717, 1.165) is 5.56 Å². The molecular formula is C21H27N5O4. The molecule has 160 valence electrons. The minimum Gasteiger partial charge on any atom is -0.481 e. The highest BCUT2D eigenvalue weighted by atomic mass is 16.5. The summed E-state index contributed by atoms with van der Waals surface area (Å²) in [4.78, 5) is 37.4. The Labute approximate surface area is 176 Å². The average Bonchev–Trinajstić information content (AvgIpc) is 2.78. The Morgan fingerprint density at radius 1 is 1.27 bits per heavy atom. The van der Waals surface area contributed by atoms with Gasteiger partial charge in [-0.2, -0.15) is 4.98 Å². The molecule has 3 heterocycles. The number of amides is 2. The molecule has 2 aromatic heterocycles. The van der Waals surface area contributed by atoms with Crippen LogP contribution in [0.5, 0.6) is 11.8 Å². The van der Waals surface area contributed by atoms with E-state index in [1.165, 1.54) is 14.2 Å². The molecule has 3 rings (SSSR count). The highest BCUT2D eigenvalue weighted by Gasteiger charge is 2.36. The summed E-state index contributed by atoms with van der Waals surface area (Å²) in [5, 5.41) is 2.96. The van der Waals surface area contributed by atoms with Crippen LogP contribution in [-0.4, -0.2) is 78.0 Å². The van der Waals surface area contributed by atoms with Crippen molar-refractivity contribution in [2.45, 2.75) is 25.6 Å². The Balaban J connectivity index is 1.74. The standard InChI is InChI=1S/C21H27N5O4/c1-14-21(28)25(2)13-16(26(14)12-15-6-5-9-22-10-15)11-23-19(27)17-7-8-18(29-3)24-20(17)30-4/h5-10,14,16H,11-13H2,1-4H3,(H,23,27)/t14-,16+/m0/s1. The highest BCUT2D eigenvalue weighted by molar-refractivity contribution is 5.96. The van der Waals surface area contributed by atoms with Crippen LogP contribution >= 0.6 is 0 Å². The Morgan fingerprint density at radius 2 is 2.07 bits per heavy atom. The number of nitrogens with one attached hydrogen (secondary N) is 1. The molecule has 1 aliphatic rings. The van der Waals surface area contributed by atoms with Gasteiger partial charge < -0.3 is 19.7 Å². The summed E-state index contributed by atoms with van der Waals surface area (Å²) in [5.74, 6) is 0.327. The van der Waals surface area contributed by atoms with Gasteiger partial charge in [0.25, 0.3) is 5.91 Å². The summed E-state index contributed by atoms with van der Waals surface area (Å²) in [5.41, 5.74) is 1.34. The quantitative estimate of drug-likeness (QED) is 0.722. The van der Waals surface area contributed by atoms with Gasteiger partial charge in [-0.1, -0.05) is 6.07 Å². The molecule has 0 saturated carbocycles. The summed E-state index contributed by atoms with van der Waals surface area (Å²) >= 11 is 0. The molecule has 1 aliphatic heterocycles. The van der Waals surface area contributed by atoms with Crippen LogP contribution in [0.2, 0.25) is 0 Å². The zero-order valence-electron chi connectivity index (χ0n) is 17.7. The van der Waals surface area contributed by atoms with Crippen molar-refractivity contribution in [1.29, 1.82) is 0 Å². The van der Waals surface area contributed by atoms with Gasteiger partial charge in [0.1, 0.15) is 5.56 Å². The van der Waals surface area contributed by atoms with Crippen LogP contribution in [0.15, 0.2) is 36.7 Å². The summed E-state index contributed by atoms with van der Waals surface area (Å²) in [6.45, 7) is 3.35. The maximum atomic E-state index is 12.8. The first-order valence-electron chi connectivity index (χ1n) is 9.71. The number of pyridine rings is 2. The molecule has 0 unspecified atom stereocenters. The van der Waals surface area contributed by atoms with Gasteiger partial charge in [0.05, 0.1) is 20.3 Å². The summed E-state index contributed by atoms with van der Waals surface area (Å²) in [6, 6.07) is 6.73. The van der Waals surface area contributed by atoms with Crippen LogP contribution in [0.1, 0.15) is 22.8 Å². The number of ether oxygens (including phenoxy) is 2. The Morgan fingerprint density at radius 3 is 2.73 bits per heavy atom. The van der Waals surface area contributed by atoms with E-state index >= 15 is 0 Å². The minimum atomic E-state index is -0.303. The van der Waals surface area contributed by atoms with E-state index in [1.807, 2.05) is 19.1 Å². The monoisotopic (exact) mass is 413 g/mol. The topological polar surface area (TPSA) is 96.9 Å². The zero-order chi connectivity index (χ0) is 21.7. The van der Waals surface area contributed by atoms with Gasteiger partial charge in [-0.25, -0.2) is 0 Å². The Hall–Kier alpha value is -3.20. The second kappa shape index (κ2) is 9.53. The van der Waals surface area contributed by atoms with Crippen molar-refractivity contribution in [2.24, 2.45) is 0 Å². The lowest BCUT2D eigenvalue weighted by molar-refractivity contribution is -0.142. The fourth-order valence-corrected chi connectivity index (χ4v) is 3.61. The number of likely N-dealkylation sites (N-methyl/N-ethyl adjacent to an activating group) is 1. The largest absolute Gasteiger partial charge is 0.481 e. The van der Waals surface area contributed by atoms with E-state index in [1.54, 1.807) is 36.5 Å². The molecule has 1 fully saturated rings. The van der Waals surface area contributed by atoms with Crippen molar-refractivity contribution in [2.75, 3.05) is 34.4 Å². The van der Waals surface area contributed by atoms with Gasteiger partial charge in [-0.3, -0.25) is 19.5 Å². The molecule has 0 bridgehead atoms. The molecule has 9 nitrogen and oxygen atoms in total. The smallest absolute Gasteiger partial charge is 0.256 e. The number of carbonyl (C=O) groups is 2. The first-order valence-corrected chi connectivity index (χ1v) is 9.71. The predicted molar refractivity (Wildman–Crippen MR) is 110 cm³/mol. The normalized spacial score (nSPS) is 19.5. The van der Waals surface area contributed by atoms with Gasteiger partial charge in [-0.15, -0.1) is 0 Å². The van der Waals surface area contributed by atoms with E-state index in [0.29, 0.717) is 31.1 Å². The SMILES string of the molecule is COc1ccc(C(=O)NC[C@@H]2CN(C)C(=O)[C@H](C)N2Cc2cccnc2)c(OC)n1. The zero-order valence-corrected chi connectivity index (χ0v) is 17.7. The Bertz CT molecular complexity index is 892. The van der Waals surface area contributed by atoms with Gasteiger partial charge in [-0.05, 0) is 24.6 Å². The van der Waals surface area contributed by atoms with Gasteiger partial charge in [0, 0.05) is 51.2 Å². The number of rotatable bonds is 7. The lowest BCUT2D eigenvalue weighted by atomic mass is 10.0. The molecule has 0 aromatic carbocycles. The summed E-state index contributed by atoms with van der Waals surface area (Å²) < 4.78 is 10.3. The van der Waals surface area contributed by atoms with Gasteiger partial charge in [0.2, 0.25) is 17.7 Å². The molecule has 1 saturated heterocycles. The molecule has 0 aliphatic carbocycles. The van der Waals surface area contributed by atoms with Crippen molar-refractivity contribution in [3.63, 3.8) is 0 Å². The molecular weight excluding hydrogens is 386 g/mol. The van der Waals surface area contributed by atoms with E-state index in [-0.39, 0.29) is 29.8 Å². The third-order valence-electron chi connectivity index (χ3n) is 5.25. The number of piperazine rings is 1. The van der Waals surface area contributed by atoms with E-state index in [9.17, 15) is 9.59 Å². The van der Waals surface area contributed by atoms with Crippen LogP contribution in [0.3, 0.4) is 0 Å². The third-order valence-corrected chi connectivity index (χ3v) is 5.25. The number of hydrogen-bond donors (Lipinski definition) is 1. The second-order valence-electron chi connectivity index (χ2n) is 7.20. The van der Waals surface area contributed by atoms with Crippen molar-refractivity contribution in [3.05, 3.63) is 47.8 Å². The lowest BCUT2D eigenvalue weighted by Crippen LogP contribution is -2.62. The van der Waals surface area contributed by atoms with E-state index in [2.05, 4.69) is 20.2 Å². The maximum absolute atomic E-state index is 12.8. The molecule has 2 aromatic rings. The number of hydrogen-bond acceptors (Lipinski definition) is 7. The molecule has 2 amide bonds. The summed E-state index contributed by atoms with van der Waals surface area (Å²) in [6.07, 6.45) is 3.51. The fourth-order valence-electron chi connectivity index (χ4n) is 3.61. The van der Waals surface area contributed by atoms with Crippen LogP contribution in [-0.2, 0) is 11.3 Å². The van der Waals surface area contributed by atoms with Crippen LogP contribution in [0.4, 0.5) is 0 Å². The molecule has 0 spiro atoms. The predicted octanol–water partition coefficient (Wildman–Crippen LogP) is 0.955. The van der Waals surface area contributed by atoms with Gasteiger partial charge in [0.15, 0.2) is 0 Å². The second-order valence-corrected chi connectivity index (χ2v) is 7.20. The van der Waals surface area contributed by atoms with E-state index in [4.69, 9.17) is 9.47 Å². The first-order chi connectivity index (χ1) is 14.4. The van der Waals surface area contributed by atoms with Crippen molar-refractivity contribution < 1.29 is 19.1 Å². The van der Waals surface area contributed by atoms with Crippen LogP contribution < -0.4 is 14.8 Å². The first kappa shape index (κ1) is 21.5. The number of methoxy groups -OCH3 is 2. The molecule has 30 heavy (non-hydrogen) atoms. The minimum absolute atomic E-state index is 0.0518. The molecule has 0 radical (unpaired) electrons. The lowest BCUT2D eigenvalue weighted by Gasteiger charge is -2.43. The van der Waals surface area contributed by atoms with Crippen molar-refractivity contribution in [3.8, 4) is 11.8 Å². The van der Waals surface area contributed by atoms with Crippen LogP contribution in [0.25, 0.3) is 0 Å². The molecule has 9 heteroatoms. The van der Waals surface area contributed by atoms with Crippen molar-refractivity contribution in [1.82, 2.24) is 25.1 Å². The molecule has 1 N–H and O–H groups in total. The Kier molecular flexibility index (Phi) is 6.83. The summed E-state index contributed by atoms with van der Waals surface area (Å²) in [7, 11) is 4.74. The number of carbonyl (C=O) groups excluding carboxylic acids is 2. The number of nitrogens with zero attached hydrogens (tertiary/aromatic N) is 4. The van der Waals surface area contributed by atoms with E-state index < -0.39 is 0 Å². The average molecular weight is 413 g/mol. The maximum Gasteiger partial charge on any atom is 0.256 e. The van der Waals surface area contributed by atoms with Crippen molar-refractivity contribution >= 4 is 11.8 Å². The number of aromatic nitrogens is 2.